The summed E-state index contributed by atoms with van der Waals surface area (Å²) >= 11 is 6.03. The molecule has 2 aliphatic carbocycles. The van der Waals surface area contributed by atoms with Gasteiger partial charge in [-0.05, 0) is 62.3 Å². The third-order valence-corrected chi connectivity index (χ3v) is 5.89. The first-order valence-corrected chi connectivity index (χ1v) is 10.1. The molecule has 2 aromatic rings. The van der Waals surface area contributed by atoms with Gasteiger partial charge in [-0.15, -0.1) is 0 Å². The van der Waals surface area contributed by atoms with E-state index in [1.54, 1.807) is 6.92 Å². The minimum atomic E-state index is -0.886. The lowest BCUT2D eigenvalue weighted by Crippen LogP contribution is -2.42. The van der Waals surface area contributed by atoms with Crippen LogP contribution in [0.4, 0.5) is 0 Å². The maximum absolute atomic E-state index is 12.9. The van der Waals surface area contributed by atoms with Crippen molar-refractivity contribution in [2.24, 2.45) is 5.92 Å². The van der Waals surface area contributed by atoms with Crippen LogP contribution in [0, 0.1) is 5.92 Å². The highest BCUT2D eigenvalue weighted by Gasteiger charge is 2.40. The zero-order valence-electron chi connectivity index (χ0n) is 16.2. The van der Waals surface area contributed by atoms with Crippen LogP contribution in [0.25, 0.3) is 11.1 Å². The van der Waals surface area contributed by atoms with Crippen molar-refractivity contribution in [1.82, 2.24) is 10.3 Å². The molecule has 0 bridgehead atoms. The first-order chi connectivity index (χ1) is 13.4. The maximum atomic E-state index is 12.9. The van der Waals surface area contributed by atoms with Crippen LogP contribution in [0.5, 0.6) is 5.88 Å². The molecule has 0 aliphatic heterocycles. The average Bonchev–Trinajstić information content (AvgIpc) is 3.58. The highest BCUT2D eigenvalue weighted by atomic mass is 35.5. The van der Waals surface area contributed by atoms with Gasteiger partial charge in [0.1, 0.15) is 5.56 Å². The van der Waals surface area contributed by atoms with Crippen LogP contribution in [0.1, 0.15) is 54.6 Å². The molecule has 1 aromatic carbocycles. The van der Waals surface area contributed by atoms with Gasteiger partial charge in [-0.2, -0.15) is 0 Å². The van der Waals surface area contributed by atoms with Crippen LogP contribution in [0.2, 0.25) is 5.02 Å². The normalized spacial score (nSPS) is 18.4. The fourth-order valence-corrected chi connectivity index (χ4v) is 3.69. The molecule has 5 nitrogen and oxygen atoms in total. The lowest BCUT2D eigenvalue weighted by Gasteiger charge is -2.23. The van der Waals surface area contributed by atoms with Crippen molar-refractivity contribution in [2.45, 2.75) is 44.1 Å². The molecule has 1 atom stereocenters. The Bertz CT molecular complexity index is 887. The minimum absolute atomic E-state index is 0.209. The van der Waals surface area contributed by atoms with Gasteiger partial charge in [-0.1, -0.05) is 23.7 Å². The van der Waals surface area contributed by atoms with Gasteiger partial charge in [0.2, 0.25) is 5.88 Å². The first kappa shape index (κ1) is 19.2. The highest BCUT2D eigenvalue weighted by Crippen LogP contribution is 2.45. The van der Waals surface area contributed by atoms with Crippen molar-refractivity contribution in [3.8, 4) is 17.0 Å². The van der Waals surface area contributed by atoms with Gasteiger partial charge in [-0.25, -0.2) is 4.98 Å². The number of aromatic nitrogens is 1. The molecule has 2 saturated carbocycles. The Morgan fingerprint density at radius 1 is 1.29 bits per heavy atom. The van der Waals surface area contributed by atoms with Gasteiger partial charge in [0.25, 0.3) is 5.91 Å². The van der Waals surface area contributed by atoms with E-state index < -0.39 is 5.60 Å². The Kier molecular flexibility index (Phi) is 5.06. The monoisotopic (exact) mass is 400 g/mol. The molecule has 6 heteroatoms. The van der Waals surface area contributed by atoms with Crippen LogP contribution < -0.4 is 10.1 Å². The molecule has 4 rings (SSSR count). The molecule has 0 radical (unpaired) electrons. The largest absolute Gasteiger partial charge is 0.480 e. The molecular weight excluding hydrogens is 376 g/mol. The third kappa shape index (κ3) is 4.01. The van der Waals surface area contributed by atoms with Gasteiger partial charge < -0.3 is 15.2 Å². The maximum Gasteiger partial charge on any atom is 0.256 e. The van der Waals surface area contributed by atoms with Crippen LogP contribution >= 0.6 is 11.6 Å². The van der Waals surface area contributed by atoms with Gasteiger partial charge in [-0.3, -0.25) is 4.79 Å². The smallest absolute Gasteiger partial charge is 0.256 e. The number of rotatable bonds is 7. The predicted molar refractivity (Wildman–Crippen MR) is 109 cm³/mol. The second kappa shape index (κ2) is 7.37. The van der Waals surface area contributed by atoms with E-state index in [2.05, 4.69) is 10.3 Å². The molecule has 1 unspecified atom stereocenters. The summed E-state index contributed by atoms with van der Waals surface area (Å²) in [5.74, 6) is 0.688. The summed E-state index contributed by atoms with van der Waals surface area (Å²) in [6.07, 6.45) is 4.19. The number of methoxy groups -OCH3 is 1. The number of amides is 1. The quantitative estimate of drug-likeness (QED) is 0.731. The SMILES string of the molecule is COc1nc(C2CC2)c(-c2ccc(Cl)cc2)cc1C(=O)NCC(C)(O)C1CC1. The summed E-state index contributed by atoms with van der Waals surface area (Å²) < 4.78 is 5.43. The number of carbonyl (C=O) groups excluding carboxylic acids is 1. The van der Waals surface area contributed by atoms with Crippen molar-refractivity contribution in [2.75, 3.05) is 13.7 Å². The van der Waals surface area contributed by atoms with E-state index in [0.29, 0.717) is 22.4 Å². The van der Waals surface area contributed by atoms with Crippen LogP contribution in [-0.4, -0.2) is 35.3 Å². The minimum Gasteiger partial charge on any atom is -0.480 e. The summed E-state index contributed by atoms with van der Waals surface area (Å²) in [5.41, 5.74) is 2.35. The molecule has 2 aliphatic rings. The third-order valence-electron chi connectivity index (χ3n) is 5.64. The zero-order valence-corrected chi connectivity index (χ0v) is 16.9. The van der Waals surface area contributed by atoms with Crippen molar-refractivity contribution in [1.29, 1.82) is 0 Å². The average molecular weight is 401 g/mol. The molecule has 0 spiro atoms. The molecular formula is C22H25ClN2O3. The number of carbonyl (C=O) groups is 1. The molecule has 1 heterocycles. The number of benzene rings is 1. The first-order valence-electron chi connectivity index (χ1n) is 9.74. The molecule has 0 saturated heterocycles. The number of ether oxygens (including phenoxy) is 1. The van der Waals surface area contributed by atoms with E-state index in [1.165, 1.54) is 7.11 Å². The number of pyridine rings is 1. The Hall–Kier alpha value is -2.11. The Morgan fingerprint density at radius 2 is 1.96 bits per heavy atom. The van der Waals surface area contributed by atoms with Gasteiger partial charge in [0.15, 0.2) is 0 Å². The zero-order chi connectivity index (χ0) is 19.9. The van der Waals surface area contributed by atoms with Gasteiger partial charge in [0, 0.05) is 23.0 Å². The van der Waals surface area contributed by atoms with Crippen LogP contribution in [-0.2, 0) is 0 Å². The molecule has 28 heavy (non-hydrogen) atoms. The second-order valence-electron chi connectivity index (χ2n) is 8.07. The van der Waals surface area contributed by atoms with E-state index >= 15 is 0 Å². The van der Waals surface area contributed by atoms with Crippen molar-refractivity contribution >= 4 is 17.5 Å². The van der Waals surface area contributed by atoms with E-state index in [9.17, 15) is 9.90 Å². The molecule has 1 aromatic heterocycles. The summed E-state index contributed by atoms with van der Waals surface area (Å²) in [6.45, 7) is 1.98. The van der Waals surface area contributed by atoms with E-state index in [-0.39, 0.29) is 18.4 Å². The topological polar surface area (TPSA) is 71.5 Å². The predicted octanol–water partition coefficient (Wildman–Crippen LogP) is 4.18. The number of aliphatic hydroxyl groups is 1. The van der Waals surface area contributed by atoms with E-state index in [0.717, 1.165) is 42.5 Å². The highest BCUT2D eigenvalue weighted by molar-refractivity contribution is 6.30. The van der Waals surface area contributed by atoms with E-state index in [4.69, 9.17) is 16.3 Å². The summed E-state index contributed by atoms with van der Waals surface area (Å²) in [7, 11) is 1.53. The fraction of sp³-hybridized carbons (Fsp3) is 0.455. The number of nitrogens with zero attached hydrogens (tertiary/aromatic N) is 1. The molecule has 148 valence electrons. The van der Waals surface area contributed by atoms with Gasteiger partial charge >= 0.3 is 0 Å². The fourth-order valence-electron chi connectivity index (χ4n) is 3.56. The summed E-state index contributed by atoms with van der Waals surface area (Å²) in [4.78, 5) is 17.6. The Morgan fingerprint density at radius 3 is 2.54 bits per heavy atom. The lowest BCUT2D eigenvalue weighted by molar-refractivity contribution is 0.0353. The van der Waals surface area contributed by atoms with Crippen LogP contribution in [0.15, 0.2) is 30.3 Å². The Labute approximate surface area is 170 Å². The summed E-state index contributed by atoms with van der Waals surface area (Å²) in [6, 6.07) is 9.41. The molecule has 2 N–H and O–H groups in total. The van der Waals surface area contributed by atoms with Crippen LogP contribution in [0.3, 0.4) is 0 Å². The van der Waals surface area contributed by atoms with Crippen molar-refractivity contribution in [3.63, 3.8) is 0 Å². The number of hydrogen-bond donors (Lipinski definition) is 2. The molecule has 2 fully saturated rings. The van der Waals surface area contributed by atoms with Crippen molar-refractivity contribution < 1.29 is 14.6 Å². The molecule has 1 amide bonds. The number of halogens is 1. The summed E-state index contributed by atoms with van der Waals surface area (Å²) in [5, 5.41) is 14.0. The standard InChI is InChI=1S/C22H25ClN2O3/c1-22(27,15-7-8-15)12-24-20(26)18-11-17(13-5-9-16(23)10-6-13)19(14-3-4-14)25-21(18)28-2/h5-6,9-11,14-15,27H,3-4,7-8,12H2,1-2H3,(H,24,26). The van der Waals surface area contributed by atoms with Gasteiger partial charge in [0.05, 0.1) is 18.4 Å². The number of nitrogens with one attached hydrogen (secondary N) is 1. The second-order valence-corrected chi connectivity index (χ2v) is 8.51. The van der Waals surface area contributed by atoms with E-state index in [1.807, 2.05) is 30.3 Å². The Balaban J connectivity index is 1.66. The van der Waals surface area contributed by atoms with Crippen molar-refractivity contribution in [3.05, 3.63) is 46.6 Å². The number of hydrogen-bond acceptors (Lipinski definition) is 4. The lowest BCUT2D eigenvalue weighted by atomic mass is 9.98.